The highest BCUT2D eigenvalue weighted by atomic mass is 32.2. The number of nitrogens with two attached hydrogens (primary N) is 1. The van der Waals surface area contributed by atoms with Gasteiger partial charge in [0.25, 0.3) is 5.91 Å². The minimum Gasteiger partial charge on any atom is -0.321 e. The number of aryl methyl sites for hydroxylation is 2. The first-order chi connectivity index (χ1) is 9.68. The molecule has 1 aromatic heterocycles. The fourth-order valence-corrected chi connectivity index (χ4v) is 3.58. The van der Waals surface area contributed by atoms with Gasteiger partial charge in [-0.05, 0) is 43.2 Å². The smallest absolute Gasteiger partial charge is 0.266 e. The Balaban J connectivity index is 2.33. The molecule has 8 heteroatoms. The average Bonchev–Trinajstić information content (AvgIpc) is 2.76. The van der Waals surface area contributed by atoms with E-state index < -0.39 is 21.7 Å². The van der Waals surface area contributed by atoms with E-state index in [1.165, 1.54) is 18.2 Å². The van der Waals surface area contributed by atoms with E-state index in [1.807, 2.05) is 0 Å². The summed E-state index contributed by atoms with van der Waals surface area (Å²) in [5.41, 5.74) is 1.53. The maximum Gasteiger partial charge on any atom is 0.266 e. The van der Waals surface area contributed by atoms with Crippen molar-refractivity contribution in [2.45, 2.75) is 18.1 Å². The number of carbonyl (C=O) groups excluding carboxylic acids is 1. The Labute approximate surface area is 125 Å². The van der Waals surface area contributed by atoms with E-state index >= 15 is 0 Å². The van der Waals surface area contributed by atoms with Gasteiger partial charge in [-0.25, -0.2) is 17.9 Å². The van der Waals surface area contributed by atoms with Gasteiger partial charge in [0.1, 0.15) is 10.0 Å². The van der Waals surface area contributed by atoms with Crippen LogP contribution in [0.5, 0.6) is 0 Å². The van der Waals surface area contributed by atoms with Crippen molar-refractivity contribution in [3.05, 3.63) is 46.1 Å². The Morgan fingerprint density at radius 1 is 1.24 bits per heavy atom. The molecular formula is C13H13FN2O3S2. The highest BCUT2D eigenvalue weighted by Crippen LogP contribution is 2.26. The van der Waals surface area contributed by atoms with Crippen molar-refractivity contribution in [2.24, 2.45) is 5.14 Å². The van der Waals surface area contributed by atoms with Crippen LogP contribution in [-0.2, 0) is 10.0 Å². The van der Waals surface area contributed by atoms with Gasteiger partial charge in [0.05, 0.1) is 4.88 Å². The molecule has 0 unspecified atom stereocenters. The van der Waals surface area contributed by atoms with E-state index in [4.69, 9.17) is 5.14 Å². The van der Waals surface area contributed by atoms with Crippen LogP contribution < -0.4 is 10.5 Å². The van der Waals surface area contributed by atoms with Gasteiger partial charge in [0, 0.05) is 5.69 Å². The molecule has 3 N–H and O–H groups in total. The summed E-state index contributed by atoms with van der Waals surface area (Å²) in [6, 6.07) is 5.38. The number of nitrogens with one attached hydrogen (secondary N) is 1. The first-order valence-corrected chi connectivity index (χ1v) is 8.25. The Hall–Kier alpha value is -1.77. The van der Waals surface area contributed by atoms with Crippen LogP contribution in [0, 0.1) is 19.7 Å². The zero-order valence-corrected chi connectivity index (χ0v) is 12.9. The number of primary sulfonamides is 1. The molecule has 0 saturated heterocycles. The summed E-state index contributed by atoms with van der Waals surface area (Å²) in [7, 11) is -3.85. The molecule has 2 aromatic rings. The van der Waals surface area contributed by atoms with E-state index in [1.54, 1.807) is 19.9 Å². The fraction of sp³-hybridized carbons (Fsp3) is 0.154. The van der Waals surface area contributed by atoms with Gasteiger partial charge < -0.3 is 5.32 Å². The molecule has 0 atom stereocenters. The van der Waals surface area contributed by atoms with Crippen molar-refractivity contribution in [3.8, 4) is 0 Å². The first kappa shape index (κ1) is 15.6. The van der Waals surface area contributed by atoms with Crippen LogP contribution in [0.4, 0.5) is 10.1 Å². The number of benzene rings is 1. The van der Waals surface area contributed by atoms with Crippen LogP contribution in [0.1, 0.15) is 20.8 Å². The zero-order chi connectivity index (χ0) is 15.8. The molecule has 0 saturated carbocycles. The van der Waals surface area contributed by atoms with Gasteiger partial charge >= 0.3 is 0 Å². The molecule has 0 aliphatic carbocycles. The van der Waals surface area contributed by atoms with Crippen molar-refractivity contribution >= 4 is 33.0 Å². The largest absolute Gasteiger partial charge is 0.321 e. The van der Waals surface area contributed by atoms with E-state index in [-0.39, 0.29) is 9.09 Å². The van der Waals surface area contributed by atoms with Crippen LogP contribution in [0.3, 0.4) is 0 Å². The average molecular weight is 328 g/mol. The molecule has 2 rings (SSSR count). The lowest BCUT2D eigenvalue weighted by Crippen LogP contribution is -2.12. The molecule has 112 valence electrons. The number of hydrogen-bond donors (Lipinski definition) is 2. The van der Waals surface area contributed by atoms with Crippen molar-refractivity contribution in [1.29, 1.82) is 0 Å². The minimum absolute atomic E-state index is 0.0823. The Morgan fingerprint density at radius 3 is 2.48 bits per heavy atom. The Morgan fingerprint density at radius 2 is 1.90 bits per heavy atom. The second-order valence-corrected chi connectivity index (χ2v) is 7.38. The van der Waals surface area contributed by atoms with Gasteiger partial charge in [-0.15, -0.1) is 11.3 Å². The summed E-state index contributed by atoms with van der Waals surface area (Å²) in [5.74, 6) is -0.967. The maximum absolute atomic E-state index is 13.2. The quantitative estimate of drug-likeness (QED) is 0.906. The predicted molar refractivity (Wildman–Crippen MR) is 79.5 cm³/mol. The Kier molecular flexibility index (Phi) is 4.13. The van der Waals surface area contributed by atoms with Crippen molar-refractivity contribution in [3.63, 3.8) is 0 Å². The number of rotatable bonds is 3. The molecule has 0 aliphatic heterocycles. The van der Waals surface area contributed by atoms with E-state index in [2.05, 4.69) is 5.32 Å². The predicted octanol–water partition coefficient (Wildman–Crippen LogP) is 2.40. The Bertz CT molecular complexity index is 813. The molecular weight excluding hydrogens is 315 g/mol. The number of amides is 1. The van der Waals surface area contributed by atoms with Crippen molar-refractivity contribution in [2.75, 3.05) is 5.32 Å². The molecule has 0 radical (unpaired) electrons. The van der Waals surface area contributed by atoms with Crippen LogP contribution in [0.2, 0.25) is 0 Å². The number of carbonyl (C=O) groups is 1. The summed E-state index contributed by atoms with van der Waals surface area (Å²) < 4.78 is 35.7. The normalized spacial score (nSPS) is 11.4. The highest BCUT2D eigenvalue weighted by molar-refractivity contribution is 7.91. The third kappa shape index (κ3) is 3.46. The number of hydrogen-bond acceptors (Lipinski definition) is 4. The number of thiophene rings is 1. The lowest BCUT2D eigenvalue weighted by atomic mass is 10.2. The van der Waals surface area contributed by atoms with Crippen molar-refractivity contribution < 1.29 is 17.6 Å². The van der Waals surface area contributed by atoms with Crippen LogP contribution in [-0.4, -0.2) is 14.3 Å². The molecule has 1 aromatic carbocycles. The summed E-state index contributed by atoms with van der Waals surface area (Å²) in [4.78, 5) is 12.4. The van der Waals surface area contributed by atoms with Gasteiger partial charge in [0.2, 0.25) is 10.0 Å². The summed E-state index contributed by atoms with van der Waals surface area (Å²) >= 11 is 0.785. The maximum atomic E-state index is 13.2. The summed E-state index contributed by atoms with van der Waals surface area (Å²) in [6.45, 7) is 3.34. The van der Waals surface area contributed by atoms with Crippen molar-refractivity contribution in [1.82, 2.24) is 0 Å². The molecule has 0 bridgehead atoms. The minimum atomic E-state index is -3.85. The van der Waals surface area contributed by atoms with Crippen LogP contribution >= 0.6 is 11.3 Å². The third-order valence-corrected chi connectivity index (χ3v) is 5.49. The number of sulfonamides is 1. The number of halogens is 1. The molecule has 1 amide bonds. The summed E-state index contributed by atoms with van der Waals surface area (Å²) in [5, 5.41) is 7.61. The van der Waals surface area contributed by atoms with Gasteiger partial charge in [-0.2, -0.15) is 0 Å². The van der Waals surface area contributed by atoms with Crippen LogP contribution in [0.15, 0.2) is 28.5 Å². The lowest BCUT2D eigenvalue weighted by molar-refractivity contribution is 0.103. The molecule has 0 spiro atoms. The molecule has 21 heavy (non-hydrogen) atoms. The van der Waals surface area contributed by atoms with Gasteiger partial charge in [-0.1, -0.05) is 6.07 Å². The molecule has 1 heterocycles. The topological polar surface area (TPSA) is 89.3 Å². The number of anilines is 1. The second kappa shape index (κ2) is 5.55. The summed E-state index contributed by atoms with van der Waals surface area (Å²) in [6.07, 6.45) is 0. The van der Waals surface area contributed by atoms with E-state index in [9.17, 15) is 17.6 Å². The third-order valence-electron chi connectivity index (χ3n) is 2.83. The van der Waals surface area contributed by atoms with E-state index in [0.29, 0.717) is 16.8 Å². The monoisotopic (exact) mass is 328 g/mol. The SMILES string of the molecule is Cc1ccc(F)cc1NC(=O)c1sc(S(N)(=O)=O)cc1C. The highest BCUT2D eigenvalue weighted by Gasteiger charge is 2.19. The van der Waals surface area contributed by atoms with Gasteiger partial charge in [-0.3, -0.25) is 4.79 Å². The van der Waals surface area contributed by atoms with Gasteiger partial charge in [0.15, 0.2) is 0 Å². The second-order valence-electron chi connectivity index (χ2n) is 4.54. The molecule has 0 aliphatic rings. The standard InChI is InChI=1S/C13H13FN2O3S2/c1-7-3-4-9(14)6-10(7)16-13(17)12-8(2)5-11(20-12)21(15,18)19/h3-6H,1-2H3,(H,16,17)(H2,15,18,19). The fourth-order valence-electron chi connectivity index (χ4n) is 1.73. The van der Waals surface area contributed by atoms with E-state index in [0.717, 1.165) is 11.3 Å². The zero-order valence-electron chi connectivity index (χ0n) is 11.3. The molecule has 0 fully saturated rings. The lowest BCUT2D eigenvalue weighted by Gasteiger charge is -2.07. The molecule has 5 nitrogen and oxygen atoms in total. The van der Waals surface area contributed by atoms with Crippen LogP contribution in [0.25, 0.3) is 0 Å². The first-order valence-electron chi connectivity index (χ1n) is 5.89.